The van der Waals surface area contributed by atoms with Crippen molar-refractivity contribution in [1.82, 2.24) is 20.1 Å². The lowest BCUT2D eigenvalue weighted by Crippen LogP contribution is -2.17. The van der Waals surface area contributed by atoms with Crippen LogP contribution in [0, 0.1) is 20.8 Å². The monoisotopic (exact) mass is 296 g/mol. The van der Waals surface area contributed by atoms with Gasteiger partial charge < -0.3 is 10.3 Å². The normalized spacial score (nSPS) is 11.5. The first-order chi connectivity index (χ1) is 10.6. The first kappa shape index (κ1) is 14.9. The summed E-state index contributed by atoms with van der Waals surface area (Å²) in [4.78, 5) is 3.35. The maximum atomic E-state index is 4.46. The van der Waals surface area contributed by atoms with Crippen molar-refractivity contribution in [3.8, 4) is 0 Å². The van der Waals surface area contributed by atoms with Crippen LogP contribution in [0.2, 0.25) is 0 Å². The fraction of sp³-hybridized carbons (Fsp3) is 0.389. The number of aromatic amines is 1. The Balaban J connectivity index is 1.62. The molecular weight excluding hydrogens is 272 g/mol. The number of hydrogen-bond acceptors (Lipinski definition) is 2. The summed E-state index contributed by atoms with van der Waals surface area (Å²) in [5.74, 6) is 0. The Hall–Kier alpha value is -2.07. The molecule has 2 N–H and O–H groups in total. The SMILES string of the molecule is Cc1ccc2[nH]cc(CCNCc3c(C)nn(C)c3C)c2c1. The molecule has 3 aromatic rings. The highest BCUT2D eigenvalue weighted by Gasteiger charge is 2.09. The van der Waals surface area contributed by atoms with Gasteiger partial charge in [0, 0.05) is 41.9 Å². The van der Waals surface area contributed by atoms with Crippen LogP contribution in [0.4, 0.5) is 0 Å². The van der Waals surface area contributed by atoms with E-state index in [9.17, 15) is 0 Å². The third kappa shape index (κ3) is 2.79. The Morgan fingerprint density at radius 3 is 2.77 bits per heavy atom. The number of aromatic nitrogens is 3. The van der Waals surface area contributed by atoms with Gasteiger partial charge >= 0.3 is 0 Å². The van der Waals surface area contributed by atoms with Crippen LogP contribution in [0.5, 0.6) is 0 Å². The molecule has 0 radical (unpaired) electrons. The van der Waals surface area contributed by atoms with Gasteiger partial charge in [-0.05, 0) is 51.4 Å². The highest BCUT2D eigenvalue weighted by Crippen LogP contribution is 2.20. The van der Waals surface area contributed by atoms with Gasteiger partial charge in [0.05, 0.1) is 5.69 Å². The van der Waals surface area contributed by atoms with Crippen LogP contribution < -0.4 is 5.32 Å². The van der Waals surface area contributed by atoms with Crippen LogP contribution in [0.25, 0.3) is 10.9 Å². The summed E-state index contributed by atoms with van der Waals surface area (Å²) in [6.45, 7) is 8.19. The molecule has 2 aromatic heterocycles. The summed E-state index contributed by atoms with van der Waals surface area (Å²) in [6, 6.07) is 6.56. The average Bonchev–Trinajstić information content (AvgIpc) is 2.98. The van der Waals surface area contributed by atoms with Crippen LogP contribution >= 0.6 is 0 Å². The molecule has 1 aromatic carbocycles. The van der Waals surface area contributed by atoms with Crippen LogP contribution in [0.15, 0.2) is 24.4 Å². The molecule has 0 atom stereocenters. The highest BCUT2D eigenvalue weighted by molar-refractivity contribution is 5.83. The number of nitrogens with one attached hydrogen (secondary N) is 2. The quantitative estimate of drug-likeness (QED) is 0.710. The second-order valence-electron chi connectivity index (χ2n) is 6.06. The average molecular weight is 296 g/mol. The van der Waals surface area contributed by atoms with E-state index in [2.05, 4.69) is 60.6 Å². The second kappa shape index (κ2) is 5.97. The molecule has 2 heterocycles. The first-order valence-electron chi connectivity index (χ1n) is 7.82. The number of hydrogen-bond donors (Lipinski definition) is 2. The van der Waals surface area contributed by atoms with E-state index >= 15 is 0 Å². The number of rotatable bonds is 5. The van der Waals surface area contributed by atoms with E-state index in [-0.39, 0.29) is 0 Å². The third-order valence-corrected chi connectivity index (χ3v) is 4.45. The van der Waals surface area contributed by atoms with E-state index in [1.807, 2.05) is 11.7 Å². The van der Waals surface area contributed by atoms with Crippen molar-refractivity contribution in [2.45, 2.75) is 33.7 Å². The largest absolute Gasteiger partial charge is 0.361 e. The van der Waals surface area contributed by atoms with Crippen molar-refractivity contribution in [3.63, 3.8) is 0 Å². The van der Waals surface area contributed by atoms with Gasteiger partial charge in [-0.3, -0.25) is 4.68 Å². The van der Waals surface area contributed by atoms with E-state index in [4.69, 9.17) is 0 Å². The number of fused-ring (bicyclic) bond motifs is 1. The summed E-state index contributed by atoms with van der Waals surface area (Å²) in [6.07, 6.45) is 3.16. The van der Waals surface area contributed by atoms with Gasteiger partial charge in [-0.25, -0.2) is 0 Å². The molecular formula is C18H24N4. The van der Waals surface area contributed by atoms with Crippen LogP contribution in [-0.4, -0.2) is 21.3 Å². The highest BCUT2D eigenvalue weighted by atomic mass is 15.3. The van der Waals surface area contributed by atoms with E-state index in [0.29, 0.717) is 0 Å². The fourth-order valence-electron chi connectivity index (χ4n) is 3.01. The lowest BCUT2D eigenvalue weighted by atomic mass is 10.1. The van der Waals surface area contributed by atoms with Gasteiger partial charge in [-0.2, -0.15) is 5.10 Å². The Morgan fingerprint density at radius 1 is 1.23 bits per heavy atom. The number of H-pyrrole nitrogens is 1. The Bertz CT molecular complexity index is 795. The minimum atomic E-state index is 0.882. The van der Waals surface area contributed by atoms with Gasteiger partial charge in [-0.15, -0.1) is 0 Å². The Labute approximate surface area is 131 Å². The van der Waals surface area contributed by atoms with E-state index in [1.165, 1.54) is 33.3 Å². The predicted octanol–water partition coefficient (Wildman–Crippen LogP) is 3.16. The van der Waals surface area contributed by atoms with Crippen molar-refractivity contribution in [3.05, 3.63) is 52.5 Å². The van der Waals surface area contributed by atoms with E-state index in [0.717, 1.165) is 25.2 Å². The van der Waals surface area contributed by atoms with Gasteiger partial charge in [0.15, 0.2) is 0 Å². The Morgan fingerprint density at radius 2 is 2.05 bits per heavy atom. The molecule has 4 heteroatoms. The first-order valence-corrected chi connectivity index (χ1v) is 7.82. The summed E-state index contributed by atoms with van der Waals surface area (Å²) in [5, 5.41) is 9.35. The molecule has 3 rings (SSSR count). The topological polar surface area (TPSA) is 45.6 Å². The summed E-state index contributed by atoms with van der Waals surface area (Å²) < 4.78 is 1.95. The third-order valence-electron chi connectivity index (χ3n) is 4.45. The lowest BCUT2D eigenvalue weighted by molar-refractivity contribution is 0.680. The van der Waals surface area contributed by atoms with Crippen molar-refractivity contribution >= 4 is 10.9 Å². The summed E-state index contributed by atoms with van der Waals surface area (Å²) in [5.41, 5.74) is 7.59. The molecule has 0 aliphatic heterocycles. The van der Waals surface area contributed by atoms with Crippen molar-refractivity contribution in [2.24, 2.45) is 7.05 Å². The molecule has 116 valence electrons. The van der Waals surface area contributed by atoms with Crippen molar-refractivity contribution in [1.29, 1.82) is 0 Å². The predicted molar refractivity (Wildman–Crippen MR) is 91.1 cm³/mol. The van der Waals surface area contributed by atoms with Crippen LogP contribution in [0.1, 0.15) is 28.1 Å². The van der Waals surface area contributed by atoms with Crippen molar-refractivity contribution < 1.29 is 0 Å². The smallest absolute Gasteiger partial charge is 0.0641 e. The molecule has 4 nitrogen and oxygen atoms in total. The number of aryl methyl sites for hydroxylation is 3. The summed E-state index contributed by atoms with van der Waals surface area (Å²) >= 11 is 0. The molecule has 0 fully saturated rings. The molecule has 0 spiro atoms. The molecule has 0 amide bonds. The molecule has 0 aliphatic rings. The number of nitrogens with zero attached hydrogens (tertiary/aromatic N) is 2. The van der Waals surface area contributed by atoms with Crippen LogP contribution in [-0.2, 0) is 20.0 Å². The zero-order chi connectivity index (χ0) is 15.7. The molecule has 0 unspecified atom stereocenters. The van der Waals surface area contributed by atoms with Gasteiger partial charge in [0.25, 0.3) is 0 Å². The van der Waals surface area contributed by atoms with Gasteiger partial charge in [0.1, 0.15) is 0 Å². The lowest BCUT2D eigenvalue weighted by Gasteiger charge is -2.05. The fourth-order valence-corrected chi connectivity index (χ4v) is 3.01. The molecule has 0 saturated heterocycles. The molecule has 0 aliphatic carbocycles. The van der Waals surface area contributed by atoms with Gasteiger partial charge in [-0.1, -0.05) is 11.6 Å². The molecule has 0 saturated carbocycles. The second-order valence-corrected chi connectivity index (χ2v) is 6.06. The molecule has 22 heavy (non-hydrogen) atoms. The minimum Gasteiger partial charge on any atom is -0.361 e. The van der Waals surface area contributed by atoms with Crippen molar-refractivity contribution in [2.75, 3.05) is 6.54 Å². The van der Waals surface area contributed by atoms with Gasteiger partial charge in [0.2, 0.25) is 0 Å². The summed E-state index contributed by atoms with van der Waals surface area (Å²) in [7, 11) is 2.00. The van der Waals surface area contributed by atoms with E-state index < -0.39 is 0 Å². The van der Waals surface area contributed by atoms with E-state index in [1.54, 1.807) is 0 Å². The molecule has 0 bridgehead atoms. The zero-order valence-electron chi connectivity index (χ0n) is 13.8. The zero-order valence-corrected chi connectivity index (χ0v) is 13.8. The van der Waals surface area contributed by atoms with Crippen LogP contribution in [0.3, 0.4) is 0 Å². The standard InChI is InChI=1S/C18H24N4/c1-12-5-6-18-16(9-12)15(10-20-18)7-8-19-11-17-13(2)21-22(4)14(17)3/h5-6,9-10,19-20H,7-8,11H2,1-4H3. The number of benzene rings is 1. The Kier molecular flexibility index (Phi) is 4.03. The minimum absolute atomic E-state index is 0.882. The maximum absolute atomic E-state index is 4.46. The maximum Gasteiger partial charge on any atom is 0.0641 e.